The Labute approximate surface area is 107 Å². The summed E-state index contributed by atoms with van der Waals surface area (Å²) in [4.78, 5) is 21.5. The maximum atomic E-state index is 10.8. The first-order valence-electron chi connectivity index (χ1n) is 5.16. The monoisotopic (exact) mass is 271 g/mol. The fourth-order valence-corrected chi connectivity index (χ4v) is 1.69. The second-order valence-corrected chi connectivity index (χ2v) is 4.08. The van der Waals surface area contributed by atoms with Crippen LogP contribution < -0.4 is 10.1 Å². The predicted molar refractivity (Wildman–Crippen MR) is 62.2 cm³/mol. The zero-order chi connectivity index (χ0) is 13.1. The number of amides is 1. The SMILES string of the molecule is O=C1NCC(COc2ccc(C(=O)O)cc2Cl)O1. The van der Waals surface area contributed by atoms with Crippen molar-refractivity contribution in [3.05, 3.63) is 28.8 Å². The molecule has 0 bridgehead atoms. The number of aromatic carboxylic acids is 1. The Balaban J connectivity index is 1.97. The molecule has 18 heavy (non-hydrogen) atoms. The van der Waals surface area contributed by atoms with E-state index in [-0.39, 0.29) is 23.3 Å². The first-order chi connectivity index (χ1) is 8.56. The third-order valence-electron chi connectivity index (χ3n) is 2.35. The number of carbonyl (C=O) groups excluding carboxylic acids is 1. The summed E-state index contributed by atoms with van der Waals surface area (Å²) in [5, 5.41) is 11.5. The highest BCUT2D eigenvalue weighted by Gasteiger charge is 2.23. The molecule has 1 fully saturated rings. The van der Waals surface area contributed by atoms with Crippen LogP contribution in [0.15, 0.2) is 18.2 Å². The number of carbonyl (C=O) groups is 2. The Morgan fingerprint density at radius 2 is 2.39 bits per heavy atom. The highest BCUT2D eigenvalue weighted by Crippen LogP contribution is 2.25. The standard InChI is InChI=1S/C11H10ClNO5/c12-8-3-6(10(14)15)1-2-9(8)17-5-7-4-13-11(16)18-7/h1-3,7H,4-5H2,(H,13,16)(H,14,15). The molecule has 2 rings (SSSR count). The van der Waals surface area contributed by atoms with Crippen molar-refractivity contribution in [1.29, 1.82) is 0 Å². The van der Waals surface area contributed by atoms with Gasteiger partial charge in [-0.25, -0.2) is 9.59 Å². The molecule has 1 aliphatic rings. The molecule has 1 atom stereocenters. The largest absolute Gasteiger partial charge is 0.488 e. The van der Waals surface area contributed by atoms with Crippen LogP contribution in [0.25, 0.3) is 0 Å². The Hall–Kier alpha value is -1.95. The smallest absolute Gasteiger partial charge is 0.407 e. The second-order valence-electron chi connectivity index (χ2n) is 3.67. The molecule has 6 nitrogen and oxygen atoms in total. The molecule has 1 saturated heterocycles. The van der Waals surface area contributed by atoms with E-state index in [0.717, 1.165) is 0 Å². The number of carboxylic acids is 1. The fraction of sp³-hybridized carbons (Fsp3) is 0.273. The van der Waals surface area contributed by atoms with Crippen molar-refractivity contribution in [2.24, 2.45) is 0 Å². The Morgan fingerprint density at radius 1 is 1.61 bits per heavy atom. The van der Waals surface area contributed by atoms with Crippen LogP contribution in [0.2, 0.25) is 5.02 Å². The van der Waals surface area contributed by atoms with Gasteiger partial charge in [-0.15, -0.1) is 0 Å². The lowest BCUT2D eigenvalue weighted by atomic mass is 10.2. The first-order valence-corrected chi connectivity index (χ1v) is 5.54. The third kappa shape index (κ3) is 2.84. The summed E-state index contributed by atoms with van der Waals surface area (Å²) in [6.07, 6.45) is -0.844. The minimum atomic E-state index is -1.06. The average Bonchev–Trinajstić information content (AvgIpc) is 2.73. The third-order valence-corrected chi connectivity index (χ3v) is 2.65. The molecule has 7 heteroatoms. The molecular formula is C11H10ClNO5. The van der Waals surface area contributed by atoms with Crippen molar-refractivity contribution in [1.82, 2.24) is 5.32 Å². The van der Waals surface area contributed by atoms with Crippen molar-refractivity contribution in [3.63, 3.8) is 0 Å². The fourth-order valence-electron chi connectivity index (χ4n) is 1.46. The maximum Gasteiger partial charge on any atom is 0.407 e. The molecule has 1 aliphatic heterocycles. The lowest BCUT2D eigenvalue weighted by Crippen LogP contribution is -2.22. The molecule has 2 N–H and O–H groups in total. The molecular weight excluding hydrogens is 262 g/mol. The van der Waals surface area contributed by atoms with Crippen LogP contribution in [0.5, 0.6) is 5.75 Å². The quantitative estimate of drug-likeness (QED) is 0.867. The number of ether oxygens (including phenoxy) is 2. The van der Waals surface area contributed by atoms with E-state index in [2.05, 4.69) is 5.32 Å². The van der Waals surface area contributed by atoms with E-state index < -0.39 is 12.1 Å². The molecule has 1 heterocycles. The van der Waals surface area contributed by atoms with Gasteiger partial charge < -0.3 is 19.9 Å². The van der Waals surface area contributed by atoms with Gasteiger partial charge in [0, 0.05) is 0 Å². The van der Waals surface area contributed by atoms with E-state index in [4.69, 9.17) is 26.2 Å². The van der Waals surface area contributed by atoms with Crippen LogP contribution in [0.3, 0.4) is 0 Å². The van der Waals surface area contributed by atoms with E-state index in [1.807, 2.05) is 0 Å². The van der Waals surface area contributed by atoms with Gasteiger partial charge in [-0.05, 0) is 18.2 Å². The summed E-state index contributed by atoms with van der Waals surface area (Å²) < 4.78 is 10.2. The summed E-state index contributed by atoms with van der Waals surface area (Å²) in [7, 11) is 0. The number of benzene rings is 1. The van der Waals surface area contributed by atoms with Gasteiger partial charge in [-0.1, -0.05) is 11.6 Å². The van der Waals surface area contributed by atoms with Gasteiger partial charge in [0.1, 0.15) is 12.4 Å². The maximum absolute atomic E-state index is 10.8. The summed E-state index contributed by atoms with van der Waals surface area (Å²) in [5.41, 5.74) is 0.0845. The Morgan fingerprint density at radius 3 is 2.94 bits per heavy atom. The molecule has 96 valence electrons. The second kappa shape index (κ2) is 5.14. The minimum absolute atomic E-state index is 0.0845. The molecule has 1 amide bonds. The average molecular weight is 272 g/mol. The molecule has 0 saturated carbocycles. The van der Waals surface area contributed by atoms with Gasteiger partial charge in [-0.2, -0.15) is 0 Å². The lowest BCUT2D eigenvalue weighted by molar-refractivity contribution is 0.0696. The zero-order valence-corrected chi connectivity index (χ0v) is 9.94. The Kier molecular flexibility index (Phi) is 3.57. The summed E-state index contributed by atoms with van der Waals surface area (Å²) >= 11 is 5.88. The van der Waals surface area contributed by atoms with Gasteiger partial charge >= 0.3 is 12.1 Å². The number of rotatable bonds is 4. The van der Waals surface area contributed by atoms with Gasteiger partial charge in [-0.3, -0.25) is 0 Å². The number of carboxylic acid groups (broad SMARTS) is 1. The van der Waals surface area contributed by atoms with E-state index in [1.54, 1.807) is 0 Å². The number of hydrogen-bond acceptors (Lipinski definition) is 4. The van der Waals surface area contributed by atoms with Crippen LogP contribution in [0.4, 0.5) is 4.79 Å². The van der Waals surface area contributed by atoms with E-state index >= 15 is 0 Å². The van der Waals surface area contributed by atoms with Crippen molar-refractivity contribution in [3.8, 4) is 5.75 Å². The van der Waals surface area contributed by atoms with Crippen molar-refractivity contribution in [2.45, 2.75) is 6.10 Å². The number of alkyl carbamates (subject to hydrolysis) is 1. The molecule has 1 unspecified atom stereocenters. The van der Waals surface area contributed by atoms with Crippen LogP contribution in [-0.4, -0.2) is 36.4 Å². The number of cyclic esters (lactones) is 1. The van der Waals surface area contributed by atoms with Gasteiger partial charge in [0.15, 0.2) is 6.10 Å². The van der Waals surface area contributed by atoms with Gasteiger partial charge in [0.05, 0.1) is 17.1 Å². The molecule has 1 aromatic carbocycles. The normalized spacial score (nSPS) is 18.1. The van der Waals surface area contributed by atoms with Crippen LogP contribution in [0, 0.1) is 0 Å². The van der Waals surface area contributed by atoms with Crippen molar-refractivity contribution >= 4 is 23.7 Å². The highest BCUT2D eigenvalue weighted by atomic mass is 35.5. The molecule has 0 aromatic heterocycles. The van der Waals surface area contributed by atoms with E-state index in [1.165, 1.54) is 18.2 Å². The lowest BCUT2D eigenvalue weighted by Gasteiger charge is -2.11. The van der Waals surface area contributed by atoms with Crippen LogP contribution in [-0.2, 0) is 4.74 Å². The van der Waals surface area contributed by atoms with Gasteiger partial charge in [0.2, 0.25) is 0 Å². The van der Waals surface area contributed by atoms with Crippen LogP contribution >= 0.6 is 11.6 Å². The number of halogens is 1. The van der Waals surface area contributed by atoms with E-state index in [9.17, 15) is 9.59 Å². The predicted octanol–water partition coefficient (Wildman–Crippen LogP) is 1.53. The number of nitrogens with one attached hydrogen (secondary N) is 1. The molecule has 0 radical (unpaired) electrons. The summed E-state index contributed by atoms with van der Waals surface area (Å²) in [6, 6.07) is 4.16. The summed E-state index contributed by atoms with van der Waals surface area (Å²) in [6.45, 7) is 0.536. The molecule has 1 aromatic rings. The zero-order valence-electron chi connectivity index (χ0n) is 9.18. The molecule has 0 spiro atoms. The topological polar surface area (TPSA) is 84.9 Å². The minimum Gasteiger partial charge on any atom is -0.488 e. The highest BCUT2D eigenvalue weighted by molar-refractivity contribution is 6.32. The number of hydrogen-bond donors (Lipinski definition) is 2. The van der Waals surface area contributed by atoms with Crippen molar-refractivity contribution < 1.29 is 24.2 Å². The van der Waals surface area contributed by atoms with Gasteiger partial charge in [0.25, 0.3) is 0 Å². The van der Waals surface area contributed by atoms with Crippen molar-refractivity contribution in [2.75, 3.05) is 13.2 Å². The summed E-state index contributed by atoms with van der Waals surface area (Å²) in [5.74, 6) is -0.706. The molecule has 0 aliphatic carbocycles. The van der Waals surface area contributed by atoms with E-state index in [0.29, 0.717) is 12.3 Å². The first kappa shape index (κ1) is 12.5. The Bertz CT molecular complexity index is 490. The van der Waals surface area contributed by atoms with Crippen LogP contribution in [0.1, 0.15) is 10.4 Å².